The summed E-state index contributed by atoms with van der Waals surface area (Å²) in [5, 5.41) is -1.95. The van der Waals surface area contributed by atoms with E-state index in [1.807, 2.05) is 13.8 Å². The predicted octanol–water partition coefficient (Wildman–Crippen LogP) is -0.123. The molecule has 0 fully saturated rings. The fourth-order valence-electron chi connectivity index (χ4n) is 2.93. The van der Waals surface area contributed by atoms with Crippen molar-refractivity contribution in [3.63, 3.8) is 0 Å². The molecule has 0 spiro atoms. The molecule has 0 aliphatic heterocycles. The van der Waals surface area contributed by atoms with Crippen molar-refractivity contribution in [2.75, 3.05) is 13.2 Å². The molecular weight excluding hydrogens is 583 g/mol. The van der Waals surface area contributed by atoms with Crippen molar-refractivity contribution in [1.29, 1.82) is 0 Å². The zero-order valence-corrected chi connectivity index (χ0v) is 27.0. The summed E-state index contributed by atoms with van der Waals surface area (Å²) in [6, 6.07) is 0. The van der Waals surface area contributed by atoms with Gasteiger partial charge in [0.1, 0.15) is 0 Å². The minimum Gasteiger partial charge on any atom is -1.00 e. The van der Waals surface area contributed by atoms with Gasteiger partial charge in [-0.3, -0.25) is 23.2 Å². The van der Waals surface area contributed by atoms with Crippen LogP contribution in [0.2, 0.25) is 0 Å². The normalized spacial score (nSPS) is 14.2. The van der Waals surface area contributed by atoms with Crippen LogP contribution in [0.5, 0.6) is 0 Å². The fourth-order valence-corrected chi connectivity index (χ4v) is 4.46. The van der Waals surface area contributed by atoms with E-state index >= 15 is 0 Å². The maximum Gasteiger partial charge on any atom is 1.00 e. The summed E-state index contributed by atoms with van der Waals surface area (Å²) in [5.74, 6) is -1.61. The first kappa shape index (κ1) is 42.1. The second-order valence-electron chi connectivity index (χ2n) is 8.28. The second kappa shape index (κ2) is 21.4. The number of hydrogen-bond acceptors (Lipinski definition) is 11. The Morgan fingerprint density at radius 1 is 0.737 bits per heavy atom. The molecule has 0 saturated heterocycles. The molecule has 0 bridgehead atoms. The van der Waals surface area contributed by atoms with E-state index in [1.54, 1.807) is 0 Å². The summed E-state index contributed by atoms with van der Waals surface area (Å²) < 4.78 is 98.3. The summed E-state index contributed by atoms with van der Waals surface area (Å²) in [5.41, 5.74) is 0. The molecule has 224 valence electrons. The van der Waals surface area contributed by atoms with Crippen LogP contribution < -0.4 is 29.6 Å². The molecular formula is C20H41NaO14S3. The molecule has 18 heteroatoms. The van der Waals surface area contributed by atoms with E-state index in [0.717, 1.165) is 51.4 Å². The number of carbonyl (C=O) groups is 2. The third-order valence-corrected chi connectivity index (χ3v) is 7.63. The van der Waals surface area contributed by atoms with Crippen molar-refractivity contribution < 1.29 is 92.6 Å². The minimum absolute atomic E-state index is 0. The molecule has 0 rings (SSSR count). The molecule has 0 amide bonds. The molecule has 0 aliphatic rings. The Bertz CT molecular complexity index is 957. The Balaban J connectivity index is -0.000000476. The van der Waals surface area contributed by atoms with Crippen LogP contribution in [0.3, 0.4) is 0 Å². The molecule has 0 aliphatic carbocycles. The molecule has 3 N–H and O–H groups in total. The van der Waals surface area contributed by atoms with Gasteiger partial charge in [-0.15, -0.1) is 3.63 Å². The van der Waals surface area contributed by atoms with Gasteiger partial charge in [0.15, 0.2) is 5.25 Å². The zero-order valence-electron chi connectivity index (χ0n) is 23.6. The Labute approximate surface area is 250 Å². The topological polar surface area (TPSA) is 225 Å². The molecule has 0 saturated carbocycles. The average molecular weight is 625 g/mol. The van der Waals surface area contributed by atoms with Gasteiger partial charge in [0.05, 0.1) is 19.6 Å². The van der Waals surface area contributed by atoms with Gasteiger partial charge in [0.2, 0.25) is 0 Å². The third-order valence-electron chi connectivity index (χ3n) is 5.17. The summed E-state index contributed by atoms with van der Waals surface area (Å²) in [6.07, 6.45) is 6.74. The standard InChI is InChI=1S/C20H38O7S.Na.H2O7S2.H/c1-5-9-11-16(7-3)14-26-19(21)13-18(28(23,24)25)20(22)27-15-17(8-4)12-10-6-2;;1-8(2,3)7-9(4,5)6;/h16-18H,5-15H2,1-4H3,(H,23,24,25);;(H,1,2,3)(H,4,5,6);/q;+1;;-1. The van der Waals surface area contributed by atoms with E-state index in [9.17, 15) is 39.4 Å². The van der Waals surface area contributed by atoms with Crippen LogP contribution in [0, 0.1) is 11.8 Å². The quantitative estimate of drug-likeness (QED) is 0.103. The van der Waals surface area contributed by atoms with Crippen LogP contribution in [-0.2, 0) is 53.6 Å². The van der Waals surface area contributed by atoms with Crippen LogP contribution in [0.15, 0.2) is 0 Å². The van der Waals surface area contributed by atoms with E-state index in [-0.39, 0.29) is 56.0 Å². The summed E-state index contributed by atoms with van der Waals surface area (Å²) in [6.45, 7) is 8.35. The SMILES string of the molecule is CCCCC(CC)COC(=O)CC(C(=O)OCC(CC)CCCC)S(=O)(=O)O.O=S(=O)(O)OS(=O)(=O)O.[H-].[Na+]. The van der Waals surface area contributed by atoms with Crippen LogP contribution in [0.4, 0.5) is 0 Å². The van der Waals surface area contributed by atoms with Gasteiger partial charge < -0.3 is 10.9 Å². The first-order chi connectivity index (χ1) is 16.9. The number of esters is 2. The maximum atomic E-state index is 12.2. The van der Waals surface area contributed by atoms with Crippen molar-refractivity contribution in [3.8, 4) is 0 Å². The van der Waals surface area contributed by atoms with Gasteiger partial charge in [0, 0.05) is 0 Å². The number of carbonyl (C=O) groups excluding carboxylic acids is 2. The molecule has 0 aromatic carbocycles. The van der Waals surface area contributed by atoms with E-state index < -0.39 is 54.5 Å². The summed E-state index contributed by atoms with van der Waals surface area (Å²) in [4.78, 5) is 24.2. The largest absolute Gasteiger partial charge is 1.00 e. The Hall–Kier alpha value is -0.370. The van der Waals surface area contributed by atoms with Gasteiger partial charge in [-0.05, 0) is 24.7 Å². The molecule has 0 heterocycles. The number of ether oxygens (including phenoxy) is 2. The first-order valence-electron chi connectivity index (χ1n) is 11.8. The molecule has 0 aromatic heterocycles. The van der Waals surface area contributed by atoms with Crippen molar-refractivity contribution >= 4 is 42.9 Å². The van der Waals surface area contributed by atoms with Gasteiger partial charge in [0.25, 0.3) is 10.1 Å². The van der Waals surface area contributed by atoms with Crippen LogP contribution in [0.25, 0.3) is 0 Å². The smallest absolute Gasteiger partial charge is 1.00 e. The molecule has 3 atom stereocenters. The monoisotopic (exact) mass is 624 g/mol. The molecule has 14 nitrogen and oxygen atoms in total. The van der Waals surface area contributed by atoms with E-state index in [1.165, 1.54) is 0 Å². The molecule has 0 radical (unpaired) electrons. The van der Waals surface area contributed by atoms with Crippen LogP contribution >= 0.6 is 0 Å². The fraction of sp³-hybridized carbons (Fsp3) is 0.900. The third kappa shape index (κ3) is 24.7. The Morgan fingerprint density at radius 3 is 1.42 bits per heavy atom. The second-order valence-corrected chi connectivity index (χ2v) is 12.1. The van der Waals surface area contributed by atoms with Gasteiger partial charge in [-0.2, -0.15) is 25.3 Å². The summed E-state index contributed by atoms with van der Waals surface area (Å²) in [7, 11) is -15.0. The number of unbranched alkanes of at least 4 members (excludes halogenated alkanes) is 2. The van der Waals surface area contributed by atoms with Gasteiger partial charge in [-0.25, -0.2) is 0 Å². The molecule has 0 aromatic rings. The van der Waals surface area contributed by atoms with E-state index in [0.29, 0.717) is 0 Å². The predicted molar refractivity (Wildman–Crippen MR) is 134 cm³/mol. The van der Waals surface area contributed by atoms with Crippen molar-refractivity contribution in [2.24, 2.45) is 11.8 Å². The van der Waals surface area contributed by atoms with Crippen molar-refractivity contribution in [2.45, 2.75) is 90.7 Å². The Kier molecular flexibility index (Phi) is 23.7. The van der Waals surface area contributed by atoms with Crippen molar-refractivity contribution in [1.82, 2.24) is 0 Å². The Morgan fingerprint density at radius 2 is 1.13 bits per heavy atom. The minimum atomic E-state index is -5.12. The number of rotatable bonds is 18. The first-order valence-corrected chi connectivity index (χ1v) is 16.1. The van der Waals surface area contributed by atoms with E-state index in [4.69, 9.17) is 18.6 Å². The van der Waals surface area contributed by atoms with Crippen LogP contribution in [0.1, 0.15) is 86.9 Å². The average Bonchev–Trinajstić information content (AvgIpc) is 2.74. The van der Waals surface area contributed by atoms with Crippen LogP contribution in [-0.4, -0.2) is 69.3 Å². The molecule has 3 unspecified atom stereocenters. The summed E-state index contributed by atoms with van der Waals surface area (Å²) >= 11 is 0. The van der Waals surface area contributed by atoms with Crippen molar-refractivity contribution in [3.05, 3.63) is 0 Å². The maximum absolute atomic E-state index is 12.2. The van der Waals surface area contributed by atoms with Gasteiger partial charge in [-0.1, -0.05) is 66.2 Å². The molecule has 38 heavy (non-hydrogen) atoms. The van der Waals surface area contributed by atoms with Gasteiger partial charge >= 0.3 is 62.3 Å². The van der Waals surface area contributed by atoms with E-state index in [2.05, 4.69) is 17.5 Å². The zero-order chi connectivity index (χ0) is 29.3. The number of hydrogen-bond donors (Lipinski definition) is 3.